The van der Waals surface area contributed by atoms with E-state index in [0.717, 1.165) is 224 Å². The summed E-state index contributed by atoms with van der Waals surface area (Å²) in [6.07, 6.45) is 16.4. The fourth-order valence-electron chi connectivity index (χ4n) is 19.7. The molecule has 4 aromatic carbocycles. The number of likely N-dealkylation sites (N-methyl/N-ethyl adjacent to an activating group) is 1. The van der Waals surface area contributed by atoms with Crippen molar-refractivity contribution < 1.29 is 27.1 Å². The van der Waals surface area contributed by atoms with Gasteiger partial charge in [0, 0.05) is 201 Å². The molecule has 0 bridgehead atoms. The Labute approximate surface area is 760 Å². The van der Waals surface area contributed by atoms with E-state index < -0.39 is 0 Å². The molecule has 4 fully saturated rings. The molecule has 0 unspecified atom stereocenters. The van der Waals surface area contributed by atoms with Gasteiger partial charge in [-0.25, -0.2) is 39.1 Å². The van der Waals surface area contributed by atoms with Gasteiger partial charge in [-0.15, -0.1) is 0 Å². The molecule has 4 aliphatic rings. The quantitative estimate of drug-likeness (QED) is 0.0818. The number of hydrogen-bond acceptors (Lipinski definition) is 26. The molecule has 131 heavy (non-hydrogen) atoms. The van der Waals surface area contributed by atoms with Crippen molar-refractivity contribution in [3.05, 3.63) is 234 Å². The molecule has 0 saturated carbocycles. The largest absolute Gasteiger partial charge is 0.421 e. The maximum Gasteiger partial charge on any atom is 0.344 e. The number of anilines is 4. The number of imidazole rings is 4. The minimum atomic E-state index is -0.348. The highest BCUT2D eigenvalue weighted by Crippen LogP contribution is 2.35. The Balaban J connectivity index is 0.000000122. The summed E-state index contributed by atoms with van der Waals surface area (Å²) in [6.45, 7) is 48.4. The molecule has 0 radical (unpaired) electrons. The van der Waals surface area contributed by atoms with Crippen LogP contribution in [0.4, 0.5) is 22.7 Å². The monoisotopic (exact) mass is 1770 g/mol. The van der Waals surface area contributed by atoms with E-state index in [1.165, 1.54) is 0 Å². The first-order valence-electron chi connectivity index (χ1n) is 45.7. The van der Waals surface area contributed by atoms with E-state index in [1.54, 1.807) is 14.2 Å². The minimum Gasteiger partial charge on any atom is -0.421 e. The zero-order valence-electron chi connectivity index (χ0n) is 78.4. The maximum atomic E-state index is 13.0. The summed E-state index contributed by atoms with van der Waals surface area (Å²) in [5.41, 5.74) is 15.4. The number of methoxy groups -OCH3 is 2. The lowest BCUT2D eigenvalue weighted by Crippen LogP contribution is -2.56. The second-order valence-corrected chi connectivity index (χ2v) is 35.9. The number of rotatable bonds is 17. The Morgan fingerprint density at radius 1 is 0.321 bits per heavy atom. The Morgan fingerprint density at radius 3 is 0.847 bits per heavy atom. The smallest absolute Gasteiger partial charge is 0.344 e. The first-order chi connectivity index (χ1) is 63.0. The standard InChI is InChI=1S/C26H31N5O2.2C25H29N5O3.C25H29N5O2/c1-6-9-31-17(3)13-29(14-18(31)4)21-8-7-20-10-24(33-26(32)22(20)11-21)23-15-30-12-16(2)27-19(5)25(30)28-23;2*1-16-13-30-15-22(27-24(30)18(3)26-16)23-11-19-5-6-20(12-21(19)25(31)33-23)29-8-7-28(9-10-32-4)17(2)14-29;1-6-30-16(3)12-28(13-17(30)4)20-8-7-19-9-23(32-25(31)21(19)10-20)22-14-29-11-15(2)26-18(5)24(29)27-22/h7-8,10-12,15,17-18H,6,9,13-14H2,1-5H3;2*5-6,11-13,15,17H,7-10,14H2,1-4H3;7-11,14,16-17H,6,12-13H2,1-5H3/t17-,18+;2*17-;16-,17+/m.10./s1. The molecule has 16 heterocycles. The van der Waals surface area contributed by atoms with E-state index in [1.807, 2.05) is 195 Å². The molecule has 12 aromatic heterocycles. The fourth-order valence-corrected chi connectivity index (χ4v) is 19.7. The molecule has 0 spiro atoms. The summed E-state index contributed by atoms with van der Waals surface area (Å²) < 4.78 is 41.0. The SMILES string of the molecule is CCCN1[C@H](C)CN(c2ccc3cc(-c4cn5cc(C)nc(C)c5n4)oc(=O)c3c2)C[C@@H]1C.CCN1[C@H](C)CN(c2ccc3cc(-c4cn5cc(C)nc(C)c5n4)oc(=O)c3c2)C[C@@H]1C.COCCN1CCN(c2ccc3cc(-c4cn5cc(C)nc(C)c5n4)oc(=O)c3c2)C[C@@H]1C.COCCN1CCN(c2ccc3cc(-c4cn5cc(C)nc(C)c5n4)oc(=O)c3c2)C[C@H]1C. The first-order valence-corrected chi connectivity index (χ1v) is 45.7. The summed E-state index contributed by atoms with van der Waals surface area (Å²) in [4.78, 5) is 108. The van der Waals surface area contributed by atoms with E-state index in [9.17, 15) is 19.2 Å². The zero-order valence-corrected chi connectivity index (χ0v) is 78.4. The molecule has 30 nitrogen and oxygen atoms in total. The van der Waals surface area contributed by atoms with Crippen molar-refractivity contribution in [2.24, 2.45) is 0 Å². The first kappa shape index (κ1) is 90.1. The molecule has 30 heteroatoms. The molecule has 6 atom stereocenters. The van der Waals surface area contributed by atoms with Gasteiger partial charge in [0.1, 0.15) is 22.8 Å². The normalized spacial score (nSPS) is 18.5. The van der Waals surface area contributed by atoms with Gasteiger partial charge in [0.15, 0.2) is 45.6 Å². The molecule has 0 N–H and O–H groups in total. The van der Waals surface area contributed by atoms with Crippen LogP contribution >= 0.6 is 0 Å². The molecule has 4 saturated heterocycles. The van der Waals surface area contributed by atoms with Crippen LogP contribution in [0.5, 0.6) is 0 Å². The third-order valence-electron chi connectivity index (χ3n) is 26.1. The summed E-state index contributed by atoms with van der Waals surface area (Å²) in [5, 5.41) is 5.79. The van der Waals surface area contributed by atoms with E-state index in [2.05, 4.69) is 159 Å². The summed E-state index contributed by atoms with van der Waals surface area (Å²) >= 11 is 0. The van der Waals surface area contributed by atoms with Gasteiger partial charge in [0.05, 0.1) is 80.3 Å². The Kier molecular flexibility index (Phi) is 26.1. The van der Waals surface area contributed by atoms with Crippen LogP contribution in [0.15, 0.2) is 183 Å². The van der Waals surface area contributed by atoms with Crippen molar-refractivity contribution in [2.75, 3.05) is 139 Å². The molecule has 0 aliphatic carbocycles. The van der Waals surface area contributed by atoms with Crippen LogP contribution in [-0.4, -0.2) is 232 Å². The number of fused-ring (bicyclic) bond motifs is 8. The predicted molar refractivity (Wildman–Crippen MR) is 518 cm³/mol. The summed E-state index contributed by atoms with van der Waals surface area (Å²) in [5.74, 6) is 1.86. The van der Waals surface area contributed by atoms with Gasteiger partial charge in [0.2, 0.25) is 0 Å². The maximum absolute atomic E-state index is 13.0. The van der Waals surface area contributed by atoms with Crippen LogP contribution in [0.3, 0.4) is 0 Å². The number of nitrogens with zero attached hydrogens (tertiary/aromatic N) is 20. The van der Waals surface area contributed by atoms with Gasteiger partial charge in [0.25, 0.3) is 0 Å². The van der Waals surface area contributed by atoms with Crippen molar-refractivity contribution in [1.29, 1.82) is 0 Å². The summed E-state index contributed by atoms with van der Waals surface area (Å²) in [7, 11) is 3.47. The number of hydrogen-bond donors (Lipinski definition) is 0. The van der Waals surface area contributed by atoms with Gasteiger partial charge >= 0.3 is 22.5 Å². The third-order valence-corrected chi connectivity index (χ3v) is 26.1. The molecule has 682 valence electrons. The van der Waals surface area contributed by atoms with Crippen LogP contribution in [0.25, 0.3) is 111 Å². The minimum absolute atomic E-state index is 0.335. The molecule has 0 amide bonds. The lowest BCUT2D eigenvalue weighted by molar-refractivity contribution is 0.117. The van der Waals surface area contributed by atoms with E-state index in [4.69, 9.17) is 27.1 Å². The Bertz CT molecular complexity index is 6970. The highest BCUT2D eigenvalue weighted by molar-refractivity contribution is 5.91. The topological polar surface area (TPSA) is 286 Å². The van der Waals surface area contributed by atoms with E-state index in [0.29, 0.717) is 104 Å². The lowest BCUT2D eigenvalue weighted by Gasteiger charge is -2.45. The van der Waals surface area contributed by atoms with E-state index >= 15 is 0 Å². The molecule has 4 aliphatic heterocycles. The second-order valence-electron chi connectivity index (χ2n) is 35.9. The van der Waals surface area contributed by atoms with Crippen molar-refractivity contribution in [1.82, 2.24) is 77.1 Å². The van der Waals surface area contributed by atoms with Crippen molar-refractivity contribution in [3.63, 3.8) is 0 Å². The number of aromatic nitrogens is 12. The van der Waals surface area contributed by atoms with Crippen molar-refractivity contribution in [2.45, 2.75) is 153 Å². The van der Waals surface area contributed by atoms with Crippen LogP contribution in [0.2, 0.25) is 0 Å². The summed E-state index contributed by atoms with van der Waals surface area (Å²) in [6, 6.07) is 34.6. The number of aryl methyl sites for hydroxylation is 8. The molecule has 16 aromatic rings. The van der Waals surface area contributed by atoms with Gasteiger partial charge in [-0.05, 0) is 211 Å². The van der Waals surface area contributed by atoms with Gasteiger partial charge < -0.3 is 64.3 Å². The van der Waals surface area contributed by atoms with Gasteiger partial charge in [-0.1, -0.05) is 38.1 Å². The highest BCUT2D eigenvalue weighted by atomic mass is 16.5. The van der Waals surface area contributed by atoms with Crippen LogP contribution < -0.4 is 42.1 Å². The number of piperazine rings is 4. The predicted octanol–water partition coefficient (Wildman–Crippen LogP) is 15.0. The number of benzene rings is 4. The van der Waals surface area contributed by atoms with Crippen LogP contribution in [-0.2, 0) is 9.47 Å². The third kappa shape index (κ3) is 19.0. The molecule has 20 rings (SSSR count). The zero-order chi connectivity index (χ0) is 92.1. The number of ether oxygens (including phenoxy) is 2. The average Bonchev–Trinajstić information content (AvgIpc) is 1.68. The van der Waals surface area contributed by atoms with E-state index in [-0.39, 0.29) is 22.5 Å². The molecular weight excluding hydrogens is 1650 g/mol. The van der Waals surface area contributed by atoms with Crippen molar-refractivity contribution >= 4 is 88.4 Å². The van der Waals surface area contributed by atoms with Gasteiger partial charge in [-0.3, -0.25) is 39.5 Å². The van der Waals surface area contributed by atoms with Crippen LogP contribution in [0, 0.1) is 55.4 Å². The second kappa shape index (κ2) is 37.9. The fraction of sp³-hybridized carbons (Fsp3) is 0.406. The average molecular weight is 1770 g/mol. The molecular formula is C101H118N20O10. The van der Waals surface area contributed by atoms with Crippen molar-refractivity contribution in [3.8, 4) is 45.8 Å². The highest BCUT2D eigenvalue weighted by Gasteiger charge is 2.33. The Hall–Kier alpha value is -12.8. The lowest BCUT2D eigenvalue weighted by atomic mass is 10.1. The van der Waals surface area contributed by atoms with Crippen LogP contribution in [0.1, 0.15) is 107 Å². The Morgan fingerprint density at radius 2 is 0.588 bits per heavy atom. The van der Waals surface area contributed by atoms with Gasteiger partial charge in [-0.2, -0.15) is 0 Å².